The number of nitrogens with zero attached hydrogens (tertiary/aromatic N) is 4. The molecule has 1 atom stereocenters. The Bertz CT molecular complexity index is 358. The van der Waals surface area contributed by atoms with Crippen LogP contribution in [0.5, 0.6) is 0 Å². The molecule has 0 aromatic carbocycles. The quantitative estimate of drug-likeness (QED) is 0.732. The van der Waals surface area contributed by atoms with E-state index in [1.807, 2.05) is 6.20 Å². The van der Waals surface area contributed by atoms with Crippen molar-refractivity contribution in [1.82, 2.24) is 14.9 Å². The Balaban J connectivity index is 2.22. The van der Waals surface area contributed by atoms with Crippen LogP contribution in [-0.2, 0) is 0 Å². The molecule has 1 aliphatic heterocycles. The van der Waals surface area contributed by atoms with E-state index >= 15 is 0 Å². The van der Waals surface area contributed by atoms with Gasteiger partial charge in [0.25, 0.3) is 0 Å². The Morgan fingerprint density at radius 1 is 1.44 bits per heavy atom. The zero-order valence-electron chi connectivity index (χ0n) is 9.73. The van der Waals surface area contributed by atoms with E-state index in [1.54, 1.807) is 6.33 Å². The van der Waals surface area contributed by atoms with Crippen molar-refractivity contribution < 1.29 is 0 Å². The van der Waals surface area contributed by atoms with E-state index in [0.717, 1.165) is 22.5 Å². The van der Waals surface area contributed by atoms with Gasteiger partial charge in [0.2, 0.25) is 0 Å². The van der Waals surface area contributed by atoms with Gasteiger partial charge in [-0.1, -0.05) is 0 Å². The van der Waals surface area contributed by atoms with Gasteiger partial charge in [0, 0.05) is 25.3 Å². The van der Waals surface area contributed by atoms with Crippen LogP contribution in [0.3, 0.4) is 0 Å². The summed E-state index contributed by atoms with van der Waals surface area (Å²) in [4.78, 5) is 13.2. The van der Waals surface area contributed by atoms with Crippen molar-refractivity contribution in [3.63, 3.8) is 0 Å². The smallest absolute Gasteiger partial charge is 0.145 e. The average Bonchev–Trinajstić information content (AvgIpc) is 2.40. The monoisotopic (exact) mass is 332 g/mol. The van der Waals surface area contributed by atoms with Gasteiger partial charge in [0.15, 0.2) is 0 Å². The maximum absolute atomic E-state index is 4.41. The Hall–Kier alpha value is -0.430. The van der Waals surface area contributed by atoms with Gasteiger partial charge in [0.1, 0.15) is 12.1 Å². The van der Waals surface area contributed by atoms with Crippen molar-refractivity contribution in [2.45, 2.75) is 19.4 Å². The fourth-order valence-electron chi connectivity index (χ4n) is 2.20. The molecule has 2 rings (SSSR count). The molecule has 2 heterocycles. The van der Waals surface area contributed by atoms with Gasteiger partial charge in [-0.05, 0) is 49.5 Å². The molecule has 1 unspecified atom stereocenters. The zero-order chi connectivity index (χ0) is 11.5. The summed E-state index contributed by atoms with van der Waals surface area (Å²) in [5.74, 6) is 1.08. The van der Waals surface area contributed by atoms with Crippen molar-refractivity contribution in [1.29, 1.82) is 0 Å². The predicted octanol–water partition coefficient (Wildman–Crippen LogP) is 1.61. The molecule has 1 aromatic heterocycles. The molecule has 0 saturated carbocycles. The Morgan fingerprint density at radius 2 is 2.25 bits per heavy atom. The van der Waals surface area contributed by atoms with Crippen LogP contribution < -0.4 is 4.90 Å². The van der Waals surface area contributed by atoms with Crippen molar-refractivity contribution in [3.05, 3.63) is 16.1 Å². The molecule has 1 fully saturated rings. The molecule has 0 aliphatic carbocycles. The predicted molar refractivity (Wildman–Crippen MR) is 73.7 cm³/mol. The van der Waals surface area contributed by atoms with Gasteiger partial charge in [-0.2, -0.15) is 0 Å². The number of likely N-dealkylation sites (N-methyl/N-ethyl adjacent to an activating group) is 1. The van der Waals surface area contributed by atoms with E-state index < -0.39 is 0 Å². The molecule has 1 aromatic rings. The van der Waals surface area contributed by atoms with Crippen LogP contribution in [0.1, 0.15) is 13.3 Å². The molecule has 5 heteroatoms. The number of halogens is 1. The second-order valence-corrected chi connectivity index (χ2v) is 5.51. The molecule has 16 heavy (non-hydrogen) atoms. The normalized spacial score (nSPS) is 23.2. The lowest BCUT2D eigenvalue weighted by Gasteiger charge is -2.29. The first-order chi connectivity index (χ1) is 7.68. The summed E-state index contributed by atoms with van der Waals surface area (Å²) in [5, 5.41) is 0. The molecule has 1 aliphatic rings. The summed E-state index contributed by atoms with van der Waals surface area (Å²) >= 11 is 2.31. The minimum absolute atomic E-state index is 0.510. The maximum atomic E-state index is 4.41. The summed E-state index contributed by atoms with van der Waals surface area (Å²) in [7, 11) is 2.19. The van der Waals surface area contributed by atoms with E-state index in [-0.39, 0.29) is 0 Å². The highest BCUT2D eigenvalue weighted by atomic mass is 127. The van der Waals surface area contributed by atoms with E-state index in [2.05, 4.69) is 56.3 Å². The van der Waals surface area contributed by atoms with Gasteiger partial charge in [-0.15, -0.1) is 0 Å². The summed E-state index contributed by atoms with van der Waals surface area (Å²) < 4.78 is 1.14. The van der Waals surface area contributed by atoms with Crippen LogP contribution in [0.4, 0.5) is 5.82 Å². The molecule has 0 bridgehead atoms. The molecular formula is C11H17IN4. The molecule has 0 radical (unpaired) electrons. The minimum Gasteiger partial charge on any atom is -0.352 e. The van der Waals surface area contributed by atoms with Crippen molar-refractivity contribution in [3.8, 4) is 0 Å². The highest BCUT2D eigenvalue weighted by molar-refractivity contribution is 14.1. The summed E-state index contributed by atoms with van der Waals surface area (Å²) in [6, 6.07) is 0.510. The lowest BCUT2D eigenvalue weighted by molar-refractivity contribution is 0.337. The third kappa shape index (κ3) is 2.63. The third-order valence-electron chi connectivity index (χ3n) is 2.97. The van der Waals surface area contributed by atoms with Crippen LogP contribution in [0.25, 0.3) is 0 Å². The van der Waals surface area contributed by atoms with Crippen LogP contribution in [0, 0.1) is 3.57 Å². The number of hydrogen-bond acceptors (Lipinski definition) is 4. The van der Waals surface area contributed by atoms with Crippen LogP contribution >= 0.6 is 22.6 Å². The summed E-state index contributed by atoms with van der Waals surface area (Å²) in [6.45, 7) is 5.61. The van der Waals surface area contributed by atoms with Gasteiger partial charge >= 0.3 is 0 Å². The van der Waals surface area contributed by atoms with E-state index in [9.17, 15) is 0 Å². The second-order valence-electron chi connectivity index (χ2n) is 4.35. The largest absolute Gasteiger partial charge is 0.352 e. The second kappa shape index (κ2) is 5.27. The topological polar surface area (TPSA) is 32.3 Å². The Morgan fingerprint density at radius 3 is 3.00 bits per heavy atom. The van der Waals surface area contributed by atoms with Gasteiger partial charge in [-0.25, -0.2) is 9.97 Å². The third-order valence-corrected chi connectivity index (χ3v) is 3.73. The van der Waals surface area contributed by atoms with Crippen LogP contribution in [0.15, 0.2) is 12.5 Å². The Labute approximate surface area is 110 Å². The first-order valence-corrected chi connectivity index (χ1v) is 6.67. The standard InChI is InChI=1S/C11H17IN4/c1-9-7-15(2)4-3-5-16(9)11-10(12)6-13-8-14-11/h6,8-9H,3-5,7H2,1-2H3. The number of rotatable bonds is 1. The van der Waals surface area contributed by atoms with E-state index in [1.165, 1.54) is 13.0 Å². The van der Waals surface area contributed by atoms with Gasteiger partial charge in [-0.3, -0.25) is 0 Å². The number of hydrogen-bond donors (Lipinski definition) is 0. The maximum Gasteiger partial charge on any atom is 0.145 e. The van der Waals surface area contributed by atoms with Crippen molar-refractivity contribution in [2.24, 2.45) is 0 Å². The van der Waals surface area contributed by atoms with Crippen molar-refractivity contribution in [2.75, 3.05) is 31.6 Å². The Kier molecular flexibility index (Phi) is 3.96. The first-order valence-electron chi connectivity index (χ1n) is 5.59. The summed E-state index contributed by atoms with van der Waals surface area (Å²) in [6.07, 6.45) is 4.71. The lowest BCUT2D eigenvalue weighted by atomic mass is 10.2. The number of anilines is 1. The highest BCUT2D eigenvalue weighted by Crippen LogP contribution is 2.22. The first kappa shape index (κ1) is 12.0. The molecule has 0 N–H and O–H groups in total. The minimum atomic E-state index is 0.510. The molecule has 0 amide bonds. The summed E-state index contributed by atoms with van der Waals surface area (Å²) in [5.41, 5.74) is 0. The van der Waals surface area contributed by atoms with Crippen LogP contribution in [-0.4, -0.2) is 47.6 Å². The van der Waals surface area contributed by atoms with Crippen molar-refractivity contribution >= 4 is 28.4 Å². The molecular weight excluding hydrogens is 315 g/mol. The molecule has 4 nitrogen and oxygen atoms in total. The molecule has 0 spiro atoms. The van der Waals surface area contributed by atoms with Gasteiger partial charge < -0.3 is 9.80 Å². The number of aromatic nitrogens is 2. The van der Waals surface area contributed by atoms with E-state index in [0.29, 0.717) is 6.04 Å². The molecule has 88 valence electrons. The highest BCUT2D eigenvalue weighted by Gasteiger charge is 2.22. The average molecular weight is 332 g/mol. The van der Waals surface area contributed by atoms with E-state index in [4.69, 9.17) is 0 Å². The fraction of sp³-hybridized carbons (Fsp3) is 0.636. The van der Waals surface area contributed by atoms with Gasteiger partial charge in [0.05, 0.1) is 3.57 Å². The zero-order valence-corrected chi connectivity index (χ0v) is 11.9. The fourth-order valence-corrected chi connectivity index (χ4v) is 2.81. The molecule has 1 saturated heterocycles. The SMILES string of the molecule is CC1CN(C)CCCN1c1ncncc1I. The lowest BCUT2D eigenvalue weighted by Crippen LogP contribution is -2.38. The van der Waals surface area contributed by atoms with Crippen LogP contribution in [0.2, 0.25) is 0 Å².